The van der Waals surface area contributed by atoms with Crippen molar-refractivity contribution >= 4 is 76.3 Å². The van der Waals surface area contributed by atoms with Crippen LogP contribution < -0.4 is 0 Å². The average molecular weight is 699 g/mol. The normalized spacial score (nSPS) is 12.4. The second-order valence-corrected chi connectivity index (χ2v) is 14.8. The Morgan fingerprint density at radius 3 is 1.51 bits per heavy atom. The highest BCUT2D eigenvalue weighted by molar-refractivity contribution is 6.20. The summed E-state index contributed by atoms with van der Waals surface area (Å²) in [5, 5.41) is 9.72. The third-order valence-corrected chi connectivity index (χ3v) is 12.1. The molecule has 13 rings (SSSR count). The molecule has 12 aromatic rings. The van der Waals surface area contributed by atoms with Crippen LogP contribution in [0.5, 0.6) is 0 Å². The molecule has 0 bridgehead atoms. The maximum atomic E-state index is 6.78. The first-order chi connectivity index (χ1) is 27.3. The number of fused-ring (bicyclic) bond motifs is 12. The smallest absolute Gasteiger partial charge is 0.143 e. The third kappa shape index (κ3) is 3.79. The molecule has 3 heterocycles. The largest absolute Gasteiger partial charge is 0.455 e. The molecule has 55 heavy (non-hydrogen) atoms. The quantitative estimate of drug-likeness (QED) is 0.180. The lowest BCUT2D eigenvalue weighted by atomic mass is 9.98. The van der Waals surface area contributed by atoms with E-state index in [-0.39, 0.29) is 0 Å². The van der Waals surface area contributed by atoms with Crippen molar-refractivity contribution in [2.75, 3.05) is 0 Å². The molecule has 9 aromatic carbocycles. The van der Waals surface area contributed by atoms with Gasteiger partial charge in [0.05, 0.1) is 33.4 Å². The zero-order valence-corrected chi connectivity index (χ0v) is 29.6. The molecule has 0 atom stereocenters. The number of nitrogens with zero attached hydrogens (tertiary/aromatic N) is 2. The van der Waals surface area contributed by atoms with Crippen molar-refractivity contribution in [3.63, 3.8) is 0 Å². The summed E-state index contributed by atoms with van der Waals surface area (Å²) < 4.78 is 11.7. The summed E-state index contributed by atoms with van der Waals surface area (Å²) >= 11 is 0. The van der Waals surface area contributed by atoms with Crippen molar-refractivity contribution in [3.05, 3.63) is 182 Å². The average Bonchev–Trinajstić information content (AvgIpc) is 3.98. The van der Waals surface area contributed by atoms with Crippen molar-refractivity contribution in [3.8, 4) is 44.8 Å². The SMILES string of the molecule is c1ccc2c(c1)-c1cccc3c(-n4c5ccccc5c5cc(-n6c7ccccc7c7ccccc76)c(-c6cccc7c6oc6ccccc67)cc54)ccc-2c13. The minimum atomic E-state index is 0.896. The Bertz CT molecular complexity index is 3530. The Kier molecular flexibility index (Phi) is 5.63. The highest BCUT2D eigenvalue weighted by atomic mass is 16.3. The Morgan fingerprint density at radius 2 is 0.800 bits per heavy atom. The Labute approximate surface area is 315 Å². The number of para-hydroxylation sites is 5. The lowest BCUT2D eigenvalue weighted by molar-refractivity contribution is 0.670. The zero-order chi connectivity index (χ0) is 35.8. The van der Waals surface area contributed by atoms with Crippen LogP contribution in [0.1, 0.15) is 0 Å². The van der Waals surface area contributed by atoms with E-state index >= 15 is 0 Å². The van der Waals surface area contributed by atoms with E-state index in [0.29, 0.717) is 0 Å². The molecule has 3 nitrogen and oxygen atoms in total. The van der Waals surface area contributed by atoms with Crippen LogP contribution >= 0.6 is 0 Å². The van der Waals surface area contributed by atoms with Crippen LogP contribution in [0.15, 0.2) is 186 Å². The van der Waals surface area contributed by atoms with E-state index in [1.807, 2.05) is 0 Å². The Hall–Kier alpha value is -7.36. The summed E-state index contributed by atoms with van der Waals surface area (Å²) in [6.07, 6.45) is 0. The van der Waals surface area contributed by atoms with Gasteiger partial charge in [0.25, 0.3) is 0 Å². The molecule has 0 saturated carbocycles. The van der Waals surface area contributed by atoms with Gasteiger partial charge in [-0.15, -0.1) is 0 Å². The van der Waals surface area contributed by atoms with Gasteiger partial charge in [-0.25, -0.2) is 0 Å². The Morgan fingerprint density at radius 1 is 0.291 bits per heavy atom. The van der Waals surface area contributed by atoms with Crippen molar-refractivity contribution in [1.29, 1.82) is 0 Å². The van der Waals surface area contributed by atoms with Crippen molar-refractivity contribution in [2.24, 2.45) is 0 Å². The third-order valence-electron chi connectivity index (χ3n) is 12.1. The molecule has 254 valence electrons. The van der Waals surface area contributed by atoms with Gasteiger partial charge in [-0.3, -0.25) is 0 Å². The van der Waals surface area contributed by atoms with Crippen molar-refractivity contribution in [2.45, 2.75) is 0 Å². The Balaban J connectivity index is 1.20. The van der Waals surface area contributed by atoms with Crippen LogP contribution in [0.2, 0.25) is 0 Å². The molecule has 0 amide bonds. The predicted molar refractivity (Wildman–Crippen MR) is 230 cm³/mol. The number of hydrogen-bond donors (Lipinski definition) is 0. The summed E-state index contributed by atoms with van der Waals surface area (Å²) in [5.41, 5.74) is 16.2. The van der Waals surface area contributed by atoms with Crippen molar-refractivity contribution < 1.29 is 4.42 Å². The predicted octanol–water partition coefficient (Wildman–Crippen LogP) is 14.2. The van der Waals surface area contributed by atoms with Crippen LogP contribution in [-0.4, -0.2) is 9.13 Å². The minimum absolute atomic E-state index is 0.896. The van der Waals surface area contributed by atoms with Gasteiger partial charge in [0, 0.05) is 48.8 Å². The molecule has 0 fully saturated rings. The lowest BCUT2D eigenvalue weighted by Crippen LogP contribution is -2.00. The first-order valence-corrected chi connectivity index (χ1v) is 18.9. The fourth-order valence-corrected chi connectivity index (χ4v) is 9.79. The molecule has 1 aliphatic carbocycles. The van der Waals surface area contributed by atoms with Gasteiger partial charge in [0.2, 0.25) is 0 Å². The second-order valence-electron chi connectivity index (χ2n) is 14.8. The molecule has 0 aliphatic heterocycles. The number of rotatable bonds is 3. The first kappa shape index (κ1) is 29.1. The molecule has 0 saturated heterocycles. The fraction of sp³-hybridized carbons (Fsp3) is 0. The van der Waals surface area contributed by atoms with Gasteiger partial charge in [-0.05, 0) is 70.1 Å². The van der Waals surface area contributed by atoms with Gasteiger partial charge in [-0.2, -0.15) is 0 Å². The second kappa shape index (κ2) is 10.6. The summed E-state index contributed by atoms with van der Waals surface area (Å²) in [7, 11) is 0. The molecule has 0 radical (unpaired) electrons. The van der Waals surface area contributed by atoms with Crippen LogP contribution in [0.4, 0.5) is 0 Å². The van der Waals surface area contributed by atoms with E-state index in [2.05, 4.69) is 191 Å². The van der Waals surface area contributed by atoms with Gasteiger partial charge >= 0.3 is 0 Å². The van der Waals surface area contributed by atoms with E-state index in [0.717, 1.165) is 44.3 Å². The molecule has 0 N–H and O–H groups in total. The van der Waals surface area contributed by atoms with E-state index in [4.69, 9.17) is 4.42 Å². The maximum Gasteiger partial charge on any atom is 0.143 e. The molecular weight excluding hydrogens is 669 g/mol. The highest BCUT2D eigenvalue weighted by Gasteiger charge is 2.26. The topological polar surface area (TPSA) is 23.0 Å². The number of furan rings is 1. The maximum absolute atomic E-state index is 6.78. The van der Waals surface area contributed by atoms with Crippen LogP contribution in [-0.2, 0) is 0 Å². The van der Waals surface area contributed by atoms with E-state index in [1.54, 1.807) is 0 Å². The molecule has 1 aliphatic rings. The summed E-state index contributed by atoms with van der Waals surface area (Å²) in [5.74, 6) is 0. The summed E-state index contributed by atoms with van der Waals surface area (Å²) in [6.45, 7) is 0. The monoisotopic (exact) mass is 698 g/mol. The molecular formula is C52H30N2O. The minimum Gasteiger partial charge on any atom is -0.455 e. The molecule has 3 heteroatoms. The van der Waals surface area contributed by atoms with Gasteiger partial charge in [0.15, 0.2) is 0 Å². The number of hydrogen-bond acceptors (Lipinski definition) is 1. The molecule has 3 aromatic heterocycles. The summed E-state index contributed by atoms with van der Waals surface area (Å²) in [4.78, 5) is 0. The van der Waals surface area contributed by atoms with Gasteiger partial charge in [0.1, 0.15) is 11.2 Å². The van der Waals surface area contributed by atoms with Crippen molar-refractivity contribution in [1.82, 2.24) is 9.13 Å². The number of aromatic nitrogens is 2. The molecule has 0 unspecified atom stereocenters. The number of benzene rings is 9. The highest BCUT2D eigenvalue weighted by Crippen LogP contribution is 2.50. The fourth-order valence-electron chi connectivity index (χ4n) is 9.79. The lowest BCUT2D eigenvalue weighted by Gasteiger charge is -2.17. The van der Waals surface area contributed by atoms with E-state index in [1.165, 1.54) is 76.8 Å². The molecule has 0 spiro atoms. The van der Waals surface area contributed by atoms with Crippen LogP contribution in [0.25, 0.3) is 121 Å². The van der Waals surface area contributed by atoms with Gasteiger partial charge in [-0.1, -0.05) is 140 Å². The van der Waals surface area contributed by atoms with E-state index in [9.17, 15) is 0 Å². The van der Waals surface area contributed by atoms with Crippen LogP contribution in [0, 0.1) is 0 Å². The van der Waals surface area contributed by atoms with Gasteiger partial charge < -0.3 is 13.6 Å². The zero-order valence-electron chi connectivity index (χ0n) is 29.6. The van der Waals surface area contributed by atoms with Crippen LogP contribution in [0.3, 0.4) is 0 Å². The first-order valence-electron chi connectivity index (χ1n) is 18.9. The van der Waals surface area contributed by atoms with E-state index < -0.39 is 0 Å². The summed E-state index contributed by atoms with van der Waals surface area (Å²) in [6, 6.07) is 66.5. The standard InChI is InChI=1S/C52H30N2O/c1-2-14-32-31(13-1)37-19-11-22-41-47(28-27-38(32)51(37)41)54-46-25-9-5-17-35(46)42-29-49(53-44-23-7-3-15-33(44)34-16-4-8-24-45(34)53)43(30-48(42)54)40-21-12-20-39-36-18-6-10-26-50(36)55-52(39)40/h1-30H.